The topological polar surface area (TPSA) is 36.8 Å². The molecule has 3 rings (SSSR count). The van der Waals surface area contributed by atoms with Gasteiger partial charge >= 0.3 is 0 Å². The monoisotopic (exact) mass is 245 g/mol. The first-order valence-corrected chi connectivity index (χ1v) is 6.90. The van der Waals surface area contributed by atoms with Crippen molar-refractivity contribution in [1.29, 1.82) is 0 Å². The zero-order chi connectivity index (χ0) is 11.7. The summed E-state index contributed by atoms with van der Waals surface area (Å²) in [7, 11) is 0. The molecular formula is C13H15N3S. The molecule has 0 radical (unpaired) electrons. The van der Waals surface area contributed by atoms with Gasteiger partial charge in [0.15, 0.2) is 5.17 Å². The zero-order valence-electron chi connectivity index (χ0n) is 9.81. The van der Waals surface area contributed by atoms with Crippen LogP contribution in [0.4, 0.5) is 0 Å². The standard InChI is InChI=1S/C13H15N3S/c1-9-2-4-10(5-3-9)12-8-17-13(16-15-12)14-11-6-7-11/h2-5,11H,6-8H2,1H3,(H,14,16). The minimum absolute atomic E-state index is 0.557. The van der Waals surface area contributed by atoms with Crippen LogP contribution in [0.25, 0.3) is 0 Å². The number of benzene rings is 1. The minimum Gasteiger partial charge on any atom is -0.258 e. The first kappa shape index (κ1) is 10.8. The normalized spacial score (nSPS) is 22.2. The maximum absolute atomic E-state index is 4.55. The summed E-state index contributed by atoms with van der Waals surface area (Å²) in [6, 6.07) is 9.05. The molecule has 4 heteroatoms. The fourth-order valence-electron chi connectivity index (χ4n) is 1.65. The van der Waals surface area contributed by atoms with E-state index in [0.29, 0.717) is 6.04 Å². The number of nitrogens with one attached hydrogen (secondary N) is 1. The van der Waals surface area contributed by atoms with Crippen LogP contribution >= 0.6 is 11.8 Å². The van der Waals surface area contributed by atoms with Crippen LogP contribution in [0.5, 0.6) is 0 Å². The van der Waals surface area contributed by atoms with E-state index in [1.807, 2.05) is 0 Å². The Hall–Kier alpha value is -1.29. The number of amidine groups is 1. The lowest BCUT2D eigenvalue weighted by Crippen LogP contribution is -2.25. The van der Waals surface area contributed by atoms with E-state index in [2.05, 4.69) is 46.7 Å². The van der Waals surface area contributed by atoms with Crippen LogP contribution in [0.2, 0.25) is 0 Å². The summed E-state index contributed by atoms with van der Waals surface area (Å²) in [6.45, 7) is 2.10. The summed E-state index contributed by atoms with van der Waals surface area (Å²) in [5.74, 6) is 0.904. The van der Waals surface area contributed by atoms with E-state index >= 15 is 0 Å². The van der Waals surface area contributed by atoms with Gasteiger partial charge < -0.3 is 0 Å². The van der Waals surface area contributed by atoms with Crippen LogP contribution in [0.3, 0.4) is 0 Å². The number of rotatable bonds is 2. The van der Waals surface area contributed by atoms with E-state index in [1.54, 1.807) is 11.8 Å². The molecule has 1 aliphatic heterocycles. The molecule has 0 saturated heterocycles. The lowest BCUT2D eigenvalue weighted by Gasteiger charge is -2.14. The molecule has 1 aromatic carbocycles. The van der Waals surface area contributed by atoms with Gasteiger partial charge in [-0.3, -0.25) is 10.4 Å². The second-order valence-electron chi connectivity index (χ2n) is 4.49. The lowest BCUT2D eigenvalue weighted by atomic mass is 10.1. The van der Waals surface area contributed by atoms with Gasteiger partial charge in [0.05, 0.1) is 11.8 Å². The third-order valence-electron chi connectivity index (χ3n) is 2.86. The highest BCUT2D eigenvalue weighted by Crippen LogP contribution is 2.25. The highest BCUT2D eigenvalue weighted by atomic mass is 32.2. The Morgan fingerprint density at radius 3 is 2.65 bits per heavy atom. The maximum atomic E-state index is 4.55. The molecule has 0 aromatic heterocycles. The third-order valence-corrected chi connectivity index (χ3v) is 3.75. The molecule has 1 fully saturated rings. The van der Waals surface area contributed by atoms with E-state index < -0.39 is 0 Å². The predicted octanol–water partition coefficient (Wildman–Crippen LogP) is 2.55. The molecule has 1 aliphatic carbocycles. The van der Waals surface area contributed by atoms with Crippen LogP contribution in [0.15, 0.2) is 34.4 Å². The number of hydrogen-bond donors (Lipinski definition) is 1. The fourth-order valence-corrected chi connectivity index (χ4v) is 2.48. The number of hydrazone groups is 1. The summed E-state index contributed by atoms with van der Waals surface area (Å²) in [5, 5.41) is 5.38. The third kappa shape index (κ3) is 2.69. The van der Waals surface area contributed by atoms with Gasteiger partial charge in [-0.15, -0.1) is 0 Å². The van der Waals surface area contributed by atoms with E-state index in [9.17, 15) is 0 Å². The minimum atomic E-state index is 0.557. The Bertz CT molecular complexity index is 472. The van der Waals surface area contributed by atoms with Crippen molar-refractivity contribution in [3.63, 3.8) is 0 Å². The number of hydrogen-bond acceptors (Lipinski definition) is 3. The van der Waals surface area contributed by atoms with Crippen LogP contribution in [0, 0.1) is 6.92 Å². The number of thioether (sulfide) groups is 1. The highest BCUT2D eigenvalue weighted by Gasteiger charge is 2.22. The molecule has 2 aliphatic rings. The Morgan fingerprint density at radius 2 is 2.06 bits per heavy atom. The van der Waals surface area contributed by atoms with Crippen LogP contribution < -0.4 is 5.43 Å². The lowest BCUT2D eigenvalue weighted by molar-refractivity contribution is 0.985. The number of aryl methyl sites for hydroxylation is 1. The zero-order valence-corrected chi connectivity index (χ0v) is 10.6. The number of aliphatic imine (C=N–C) groups is 1. The van der Waals surface area contributed by atoms with E-state index in [-0.39, 0.29) is 0 Å². The van der Waals surface area contributed by atoms with Gasteiger partial charge in [-0.2, -0.15) is 5.10 Å². The molecule has 1 N–H and O–H groups in total. The van der Waals surface area contributed by atoms with Gasteiger partial charge in [0, 0.05) is 5.75 Å². The summed E-state index contributed by atoms with van der Waals surface area (Å²) >= 11 is 1.75. The van der Waals surface area contributed by atoms with Crippen molar-refractivity contribution < 1.29 is 0 Å². The Morgan fingerprint density at radius 1 is 1.29 bits per heavy atom. The summed E-state index contributed by atoms with van der Waals surface area (Å²) < 4.78 is 0. The summed E-state index contributed by atoms with van der Waals surface area (Å²) in [6.07, 6.45) is 2.47. The van der Waals surface area contributed by atoms with Crippen molar-refractivity contribution >= 4 is 22.6 Å². The van der Waals surface area contributed by atoms with E-state index in [4.69, 9.17) is 0 Å². The Balaban J connectivity index is 1.73. The molecule has 88 valence electrons. The molecular weight excluding hydrogens is 230 g/mol. The maximum Gasteiger partial charge on any atom is 0.177 e. The van der Waals surface area contributed by atoms with Crippen molar-refractivity contribution in [1.82, 2.24) is 5.43 Å². The molecule has 0 atom stereocenters. The van der Waals surface area contributed by atoms with Gasteiger partial charge in [-0.05, 0) is 25.3 Å². The molecule has 0 bridgehead atoms. The molecule has 0 spiro atoms. The molecule has 17 heavy (non-hydrogen) atoms. The smallest absolute Gasteiger partial charge is 0.177 e. The molecule has 1 saturated carbocycles. The quantitative estimate of drug-likeness (QED) is 0.869. The molecule has 3 nitrogen and oxygen atoms in total. The number of nitrogens with zero attached hydrogens (tertiary/aromatic N) is 2. The average Bonchev–Trinajstić information content (AvgIpc) is 3.15. The van der Waals surface area contributed by atoms with E-state index in [0.717, 1.165) is 16.6 Å². The average molecular weight is 245 g/mol. The second-order valence-corrected chi connectivity index (χ2v) is 5.45. The fraction of sp³-hybridized carbons (Fsp3) is 0.385. The van der Waals surface area contributed by atoms with Gasteiger partial charge in [-0.1, -0.05) is 41.6 Å². The van der Waals surface area contributed by atoms with Crippen molar-refractivity contribution in [2.24, 2.45) is 10.1 Å². The van der Waals surface area contributed by atoms with Crippen molar-refractivity contribution in [2.45, 2.75) is 25.8 Å². The molecule has 1 aromatic rings. The first-order chi connectivity index (χ1) is 8.31. The molecule has 0 unspecified atom stereocenters. The molecule has 1 heterocycles. The van der Waals surface area contributed by atoms with Gasteiger partial charge in [-0.25, -0.2) is 0 Å². The summed E-state index contributed by atoms with van der Waals surface area (Å²) in [4.78, 5) is 4.55. The van der Waals surface area contributed by atoms with Crippen LogP contribution in [-0.4, -0.2) is 22.7 Å². The Labute approximate surface area is 105 Å². The van der Waals surface area contributed by atoms with Crippen LogP contribution in [-0.2, 0) is 0 Å². The predicted molar refractivity (Wildman–Crippen MR) is 73.8 cm³/mol. The first-order valence-electron chi connectivity index (χ1n) is 5.91. The van der Waals surface area contributed by atoms with Gasteiger partial charge in [0.25, 0.3) is 0 Å². The van der Waals surface area contributed by atoms with E-state index in [1.165, 1.54) is 24.0 Å². The van der Waals surface area contributed by atoms with Crippen molar-refractivity contribution in [3.05, 3.63) is 35.4 Å². The van der Waals surface area contributed by atoms with Gasteiger partial charge in [0.2, 0.25) is 0 Å². The Kier molecular flexibility index (Phi) is 2.89. The summed E-state index contributed by atoms with van der Waals surface area (Å²) in [5.41, 5.74) is 6.63. The molecule has 0 amide bonds. The van der Waals surface area contributed by atoms with Crippen LogP contribution in [0.1, 0.15) is 24.0 Å². The van der Waals surface area contributed by atoms with Gasteiger partial charge in [0.1, 0.15) is 0 Å². The van der Waals surface area contributed by atoms with Crippen molar-refractivity contribution in [3.8, 4) is 0 Å². The highest BCUT2D eigenvalue weighted by molar-refractivity contribution is 8.14. The second kappa shape index (κ2) is 4.53. The largest absolute Gasteiger partial charge is 0.258 e. The SMILES string of the molecule is Cc1ccc(C2=NNC(=NC3CC3)SC2)cc1. The van der Waals surface area contributed by atoms with Crippen molar-refractivity contribution in [2.75, 3.05) is 5.75 Å².